The molecule has 0 aliphatic carbocycles. The fraction of sp³-hybridized carbons (Fsp3) is 0.500. The summed E-state index contributed by atoms with van der Waals surface area (Å²) >= 11 is 0. The number of aromatic nitrogens is 3. The van der Waals surface area contributed by atoms with Crippen LogP contribution in [-0.4, -0.2) is 87.4 Å². The number of carbonyl (C=O) groups excluding carboxylic acids is 1. The molecule has 2 aliphatic heterocycles. The molecular formula is C22H33N11O4. The highest BCUT2D eigenvalue weighted by atomic mass is 16.4. The average Bonchev–Trinajstić information content (AvgIpc) is 2.79. The summed E-state index contributed by atoms with van der Waals surface area (Å²) in [5.74, 6) is -1.30. The second kappa shape index (κ2) is 11.1. The van der Waals surface area contributed by atoms with Gasteiger partial charge in [-0.15, -0.1) is 0 Å². The molecule has 3 heterocycles. The van der Waals surface area contributed by atoms with Crippen molar-refractivity contribution >= 4 is 41.1 Å². The van der Waals surface area contributed by atoms with Crippen LogP contribution in [0, 0.1) is 0 Å². The molecule has 0 unspecified atom stereocenters. The molecule has 200 valence electrons. The van der Waals surface area contributed by atoms with Crippen molar-refractivity contribution in [1.82, 2.24) is 15.0 Å². The van der Waals surface area contributed by atoms with Crippen LogP contribution in [0.2, 0.25) is 0 Å². The van der Waals surface area contributed by atoms with Gasteiger partial charge in [-0.2, -0.15) is 15.0 Å². The molecule has 15 nitrogen and oxygen atoms in total. The van der Waals surface area contributed by atoms with E-state index in [2.05, 4.69) is 25.6 Å². The summed E-state index contributed by atoms with van der Waals surface area (Å²) in [4.78, 5) is 40.1. The van der Waals surface area contributed by atoms with E-state index in [1.54, 1.807) is 6.07 Å². The van der Waals surface area contributed by atoms with Gasteiger partial charge in [-0.25, -0.2) is 0 Å². The van der Waals surface area contributed by atoms with Crippen LogP contribution < -0.4 is 43.4 Å². The van der Waals surface area contributed by atoms with Crippen molar-refractivity contribution in [3.63, 3.8) is 0 Å². The predicted octanol–water partition coefficient (Wildman–Crippen LogP) is -1.54. The van der Waals surface area contributed by atoms with Gasteiger partial charge in [0.25, 0.3) is 0 Å². The Bertz CT molecular complexity index is 1090. The minimum Gasteiger partial charge on any atom is -0.506 e. The zero-order chi connectivity index (χ0) is 26.7. The molecule has 1 amide bonds. The van der Waals surface area contributed by atoms with E-state index in [-0.39, 0.29) is 41.6 Å². The molecule has 12 N–H and O–H groups in total. The van der Waals surface area contributed by atoms with Crippen LogP contribution >= 0.6 is 0 Å². The Morgan fingerprint density at radius 3 is 1.86 bits per heavy atom. The van der Waals surface area contributed by atoms with Gasteiger partial charge in [0, 0.05) is 62.1 Å². The Hall–Kier alpha value is -3.79. The maximum Gasteiger partial charge on any atom is 0.312 e. The van der Waals surface area contributed by atoms with Crippen LogP contribution in [0.3, 0.4) is 0 Å². The van der Waals surface area contributed by atoms with Gasteiger partial charge in [0.05, 0.1) is 5.69 Å². The molecule has 4 rings (SSSR count). The fourth-order valence-electron chi connectivity index (χ4n) is 4.55. The molecule has 2 saturated heterocycles. The topological polar surface area (TPSA) is 248 Å². The Balaban J connectivity index is 1.60. The molecule has 15 heteroatoms. The maximum absolute atomic E-state index is 11.7. The second-order valence-corrected chi connectivity index (χ2v) is 9.56. The van der Waals surface area contributed by atoms with E-state index >= 15 is 0 Å². The van der Waals surface area contributed by atoms with Crippen LogP contribution in [0.1, 0.15) is 19.3 Å². The molecule has 0 spiro atoms. The monoisotopic (exact) mass is 515 g/mol. The number of phenols is 1. The molecule has 0 radical (unpaired) electrons. The van der Waals surface area contributed by atoms with Gasteiger partial charge in [-0.05, 0) is 25.0 Å². The number of rotatable bonds is 7. The first-order valence-electron chi connectivity index (χ1n) is 12.0. The molecule has 2 aliphatic rings. The normalized spacial score (nSPS) is 24.0. The minimum absolute atomic E-state index is 0.0707. The Labute approximate surface area is 213 Å². The Morgan fingerprint density at radius 1 is 0.892 bits per heavy atom. The van der Waals surface area contributed by atoms with Crippen LogP contribution in [-0.2, 0) is 9.59 Å². The highest BCUT2D eigenvalue weighted by Crippen LogP contribution is 2.29. The summed E-state index contributed by atoms with van der Waals surface area (Å²) in [7, 11) is 0. The van der Waals surface area contributed by atoms with Crippen LogP contribution in [0.5, 0.6) is 5.75 Å². The number of phenolic OH excluding ortho intramolecular Hbond substituents is 1. The lowest BCUT2D eigenvalue weighted by molar-refractivity contribution is -0.139. The number of piperidine rings is 2. The standard InChI is InChI=1S/C22H33N11O4/c23-11-3-12(24)8-32(7-11)21-29-20(30-22(31-21)33-9-13(25)4-14(26)10-33)27-15-1-2-16(17(34)5-15)28-18(35)6-19(36)37/h1-2,5,11-14,34H,3-4,6-10,23-26H2,(H,28,35)(H,36,37)(H,27,29,30,31)/t11-,12+,13-,14+. The largest absolute Gasteiger partial charge is 0.506 e. The fourth-order valence-corrected chi connectivity index (χ4v) is 4.55. The van der Waals surface area contributed by atoms with Crippen LogP contribution in [0.15, 0.2) is 18.2 Å². The lowest BCUT2D eigenvalue weighted by Gasteiger charge is -2.37. The molecular weight excluding hydrogens is 482 g/mol. The molecule has 0 bridgehead atoms. The van der Waals surface area contributed by atoms with E-state index < -0.39 is 18.3 Å². The van der Waals surface area contributed by atoms with Gasteiger partial charge in [0.1, 0.15) is 12.2 Å². The first-order chi connectivity index (χ1) is 17.5. The Kier molecular flexibility index (Phi) is 7.87. The summed E-state index contributed by atoms with van der Waals surface area (Å²) in [6.07, 6.45) is 0.678. The number of benzene rings is 1. The lowest BCUT2D eigenvalue weighted by Crippen LogP contribution is -2.54. The average molecular weight is 516 g/mol. The second-order valence-electron chi connectivity index (χ2n) is 9.56. The van der Waals surface area contributed by atoms with Crippen molar-refractivity contribution in [3.8, 4) is 5.75 Å². The van der Waals surface area contributed by atoms with E-state index in [1.807, 2.05) is 9.80 Å². The van der Waals surface area contributed by atoms with Gasteiger partial charge < -0.3 is 53.6 Å². The van der Waals surface area contributed by atoms with Gasteiger partial charge in [0.15, 0.2) is 0 Å². The molecule has 2 aromatic rings. The summed E-state index contributed by atoms with van der Waals surface area (Å²) in [5, 5.41) is 24.5. The van der Waals surface area contributed by atoms with E-state index in [4.69, 9.17) is 28.0 Å². The zero-order valence-electron chi connectivity index (χ0n) is 20.2. The molecule has 37 heavy (non-hydrogen) atoms. The summed E-state index contributed by atoms with van der Waals surface area (Å²) in [6, 6.07) is 3.87. The van der Waals surface area contributed by atoms with Gasteiger partial charge in [0.2, 0.25) is 23.8 Å². The number of hydrogen-bond acceptors (Lipinski definition) is 13. The smallest absolute Gasteiger partial charge is 0.312 e. The molecule has 1 aromatic heterocycles. The third kappa shape index (κ3) is 6.91. The van der Waals surface area contributed by atoms with Crippen molar-refractivity contribution < 1.29 is 19.8 Å². The maximum atomic E-state index is 11.7. The van der Waals surface area contributed by atoms with Gasteiger partial charge >= 0.3 is 5.97 Å². The van der Waals surface area contributed by atoms with Crippen molar-refractivity contribution in [2.24, 2.45) is 22.9 Å². The molecule has 2 fully saturated rings. The van der Waals surface area contributed by atoms with Crippen LogP contribution in [0.25, 0.3) is 0 Å². The van der Waals surface area contributed by atoms with Crippen LogP contribution in [0.4, 0.5) is 29.2 Å². The predicted molar refractivity (Wildman–Crippen MR) is 138 cm³/mol. The van der Waals surface area contributed by atoms with E-state index in [0.29, 0.717) is 56.6 Å². The first-order valence-corrected chi connectivity index (χ1v) is 12.0. The molecule has 4 atom stereocenters. The van der Waals surface area contributed by atoms with E-state index in [1.165, 1.54) is 12.1 Å². The number of carbonyl (C=O) groups is 2. The van der Waals surface area contributed by atoms with Gasteiger partial charge in [-0.3, -0.25) is 9.59 Å². The number of carboxylic acids is 1. The Morgan fingerprint density at radius 2 is 1.41 bits per heavy atom. The number of hydrogen-bond donors (Lipinski definition) is 8. The summed E-state index contributed by atoms with van der Waals surface area (Å²) in [5.41, 5.74) is 25.2. The number of aromatic hydroxyl groups is 1. The van der Waals surface area contributed by atoms with Crippen molar-refractivity contribution in [1.29, 1.82) is 0 Å². The van der Waals surface area contributed by atoms with Crippen molar-refractivity contribution in [3.05, 3.63) is 18.2 Å². The summed E-state index contributed by atoms with van der Waals surface area (Å²) < 4.78 is 0. The highest BCUT2D eigenvalue weighted by Gasteiger charge is 2.28. The van der Waals surface area contributed by atoms with Gasteiger partial charge in [-0.1, -0.05) is 0 Å². The molecule has 0 saturated carbocycles. The third-order valence-corrected chi connectivity index (χ3v) is 6.05. The highest BCUT2D eigenvalue weighted by molar-refractivity contribution is 6.02. The number of nitrogens with two attached hydrogens (primary N) is 4. The SMILES string of the molecule is N[C@@H]1C[C@H](N)CN(c2nc(Nc3ccc(NC(=O)CC(=O)O)c(O)c3)nc(N3C[C@H](N)C[C@H](N)C3)n2)C1. The van der Waals surface area contributed by atoms with Crippen molar-refractivity contribution in [2.45, 2.75) is 43.4 Å². The molecule has 1 aromatic carbocycles. The number of amides is 1. The zero-order valence-corrected chi connectivity index (χ0v) is 20.2. The number of carboxylic acid groups (broad SMARTS) is 1. The minimum atomic E-state index is -1.28. The lowest BCUT2D eigenvalue weighted by atomic mass is 10.0. The number of aliphatic carboxylic acids is 1. The number of nitrogens with zero attached hydrogens (tertiary/aromatic N) is 5. The number of anilines is 5. The third-order valence-electron chi connectivity index (χ3n) is 6.05. The van der Waals surface area contributed by atoms with E-state index in [0.717, 1.165) is 0 Å². The van der Waals surface area contributed by atoms with Crippen molar-refractivity contribution in [2.75, 3.05) is 46.6 Å². The quantitative estimate of drug-likeness (QED) is 0.154. The number of nitrogens with one attached hydrogen (secondary N) is 2. The summed E-state index contributed by atoms with van der Waals surface area (Å²) in [6.45, 7) is 2.12. The van der Waals surface area contributed by atoms with E-state index in [9.17, 15) is 14.7 Å². The first kappa shape index (κ1) is 26.3.